The number of hydrogen-bond donors (Lipinski definition) is 1. The summed E-state index contributed by atoms with van der Waals surface area (Å²) in [6, 6.07) is 78.6. The summed E-state index contributed by atoms with van der Waals surface area (Å²) in [7, 11) is 0. The summed E-state index contributed by atoms with van der Waals surface area (Å²) in [5.74, 6) is 0. The summed E-state index contributed by atoms with van der Waals surface area (Å²) in [5.41, 5.74) is 17.1. The Bertz CT molecular complexity index is 3450. The number of fused-ring (bicyclic) bond motifs is 7. The number of nitrogens with one attached hydrogen (secondary N) is 1. The van der Waals surface area contributed by atoms with Crippen LogP contribution in [0.2, 0.25) is 0 Å². The van der Waals surface area contributed by atoms with Crippen molar-refractivity contribution in [3.63, 3.8) is 0 Å². The van der Waals surface area contributed by atoms with Crippen LogP contribution in [0.3, 0.4) is 0 Å². The molecule has 11 aromatic rings. The van der Waals surface area contributed by atoms with Gasteiger partial charge in [-0.1, -0.05) is 146 Å². The molecule has 2 aromatic heterocycles. The minimum atomic E-state index is -0.0554. The first-order valence-corrected chi connectivity index (χ1v) is 20.6. The first-order chi connectivity index (χ1) is 29.7. The molecule has 0 saturated heterocycles. The van der Waals surface area contributed by atoms with Crippen molar-refractivity contribution >= 4 is 60.7 Å². The summed E-state index contributed by atoms with van der Waals surface area (Å²) in [6.07, 6.45) is 0. The van der Waals surface area contributed by atoms with E-state index in [0.29, 0.717) is 0 Å². The van der Waals surface area contributed by atoms with Crippen LogP contribution in [-0.4, -0.2) is 14.8 Å². The molecule has 12 rings (SSSR count). The maximum atomic E-state index is 5.22. The van der Waals surface area contributed by atoms with E-state index in [0.717, 1.165) is 34.0 Å². The molecule has 0 radical (unpaired) electrons. The highest BCUT2D eigenvalue weighted by Crippen LogP contribution is 2.40. The van der Waals surface area contributed by atoms with Gasteiger partial charge in [-0.05, 0) is 106 Å². The molecule has 0 fully saturated rings. The van der Waals surface area contributed by atoms with Crippen LogP contribution in [0.4, 0.5) is 11.4 Å². The van der Waals surface area contributed by atoms with E-state index in [2.05, 4.69) is 227 Å². The number of benzene rings is 9. The van der Waals surface area contributed by atoms with Crippen LogP contribution in [0.1, 0.15) is 17.2 Å². The van der Waals surface area contributed by atoms with E-state index in [-0.39, 0.29) is 6.04 Å². The van der Waals surface area contributed by atoms with Crippen molar-refractivity contribution in [3.05, 3.63) is 230 Å². The number of rotatable bonds is 6. The second-order valence-corrected chi connectivity index (χ2v) is 15.6. The minimum absolute atomic E-state index is 0.0554. The van der Waals surface area contributed by atoms with E-state index in [1.807, 2.05) is 6.07 Å². The largest absolute Gasteiger partial charge is 0.371 e. The molecule has 1 N–H and O–H groups in total. The van der Waals surface area contributed by atoms with Crippen molar-refractivity contribution in [3.8, 4) is 33.6 Å². The van der Waals surface area contributed by atoms with E-state index in [4.69, 9.17) is 4.99 Å². The Hall–Kier alpha value is -7.95. The number of para-hydroxylation sites is 4. The van der Waals surface area contributed by atoms with Crippen LogP contribution >= 0.6 is 0 Å². The van der Waals surface area contributed by atoms with E-state index in [9.17, 15) is 0 Å². The third-order valence-electron chi connectivity index (χ3n) is 12.2. The van der Waals surface area contributed by atoms with Crippen molar-refractivity contribution in [1.82, 2.24) is 9.13 Å². The van der Waals surface area contributed by atoms with Crippen LogP contribution in [0.25, 0.3) is 77.2 Å². The Balaban J connectivity index is 0.944. The van der Waals surface area contributed by atoms with Gasteiger partial charge < -0.3 is 14.5 Å². The van der Waals surface area contributed by atoms with Gasteiger partial charge >= 0.3 is 0 Å². The quantitative estimate of drug-likeness (QED) is 0.180. The molecule has 0 amide bonds. The van der Waals surface area contributed by atoms with Gasteiger partial charge in [0.25, 0.3) is 0 Å². The molecule has 0 saturated carbocycles. The van der Waals surface area contributed by atoms with Crippen LogP contribution in [0, 0.1) is 0 Å². The maximum Gasteiger partial charge on any atom is 0.0947 e. The lowest BCUT2D eigenvalue weighted by Crippen LogP contribution is -2.24. The summed E-state index contributed by atoms with van der Waals surface area (Å²) >= 11 is 0. The molecular weight excluding hydrogens is 729 g/mol. The number of aromatic nitrogens is 2. The van der Waals surface area contributed by atoms with Gasteiger partial charge in [0.15, 0.2) is 0 Å². The van der Waals surface area contributed by atoms with Gasteiger partial charge in [0.05, 0.1) is 45.2 Å². The molecule has 1 aliphatic heterocycles. The lowest BCUT2D eigenvalue weighted by atomic mass is 9.94. The number of hydrogen-bond acceptors (Lipinski definition) is 2. The predicted molar refractivity (Wildman–Crippen MR) is 251 cm³/mol. The topological polar surface area (TPSA) is 34.2 Å². The van der Waals surface area contributed by atoms with Crippen molar-refractivity contribution in [1.29, 1.82) is 0 Å². The molecule has 1 atom stereocenters. The molecule has 9 aromatic carbocycles. The smallest absolute Gasteiger partial charge is 0.0947 e. The van der Waals surface area contributed by atoms with Crippen LogP contribution in [0.5, 0.6) is 0 Å². The number of nitrogens with zero attached hydrogens (tertiary/aromatic N) is 3. The highest BCUT2D eigenvalue weighted by Gasteiger charge is 2.25. The molecule has 0 bridgehead atoms. The summed E-state index contributed by atoms with van der Waals surface area (Å²) in [6.45, 7) is 0. The molecule has 60 heavy (non-hydrogen) atoms. The van der Waals surface area contributed by atoms with Gasteiger partial charge in [0, 0.05) is 32.9 Å². The first-order valence-electron chi connectivity index (χ1n) is 20.6. The third kappa shape index (κ3) is 5.57. The highest BCUT2D eigenvalue weighted by atomic mass is 15.0. The standard InChI is InChI=1S/C56H38N4/c1-3-14-37(15-4-1)40-18-13-19-44(34-40)60-52-25-12-8-21-46(52)48-36-42(29-33-54(48)60)41-28-32-53-47(35-41)45-20-7-11-24-51(45)59(53)43-30-26-39(27-31-43)56-55(38-16-5-2-6-17-38)57-49-22-9-10-23-50(49)58-56/h1-36,55,57H. The van der Waals surface area contributed by atoms with Gasteiger partial charge in [0.2, 0.25) is 0 Å². The Labute approximate surface area is 348 Å². The molecule has 1 unspecified atom stereocenters. The van der Waals surface area contributed by atoms with E-state index in [1.165, 1.54) is 71.4 Å². The summed E-state index contributed by atoms with van der Waals surface area (Å²) < 4.78 is 4.80. The monoisotopic (exact) mass is 766 g/mol. The van der Waals surface area contributed by atoms with Crippen molar-refractivity contribution in [2.45, 2.75) is 6.04 Å². The molecule has 0 aliphatic carbocycles. The minimum Gasteiger partial charge on any atom is -0.371 e. The molecule has 1 aliphatic rings. The Morgan fingerprint density at radius 2 is 0.867 bits per heavy atom. The maximum absolute atomic E-state index is 5.22. The molecule has 282 valence electrons. The fourth-order valence-electron chi connectivity index (χ4n) is 9.33. The number of aliphatic imine (C=N–C) groups is 1. The Morgan fingerprint density at radius 3 is 1.55 bits per heavy atom. The second kappa shape index (κ2) is 13.9. The van der Waals surface area contributed by atoms with Crippen molar-refractivity contribution in [2.75, 3.05) is 5.32 Å². The number of anilines is 1. The lowest BCUT2D eigenvalue weighted by molar-refractivity contribution is 1.01. The fraction of sp³-hybridized carbons (Fsp3) is 0.0179. The summed E-state index contributed by atoms with van der Waals surface area (Å²) in [5, 5.41) is 8.72. The Kier molecular flexibility index (Phi) is 7.88. The lowest BCUT2D eigenvalue weighted by Gasteiger charge is -2.28. The van der Waals surface area contributed by atoms with E-state index < -0.39 is 0 Å². The van der Waals surface area contributed by atoms with Crippen LogP contribution in [-0.2, 0) is 0 Å². The average Bonchev–Trinajstić information content (AvgIpc) is 3.84. The van der Waals surface area contributed by atoms with Gasteiger partial charge in [-0.25, -0.2) is 4.99 Å². The van der Waals surface area contributed by atoms with E-state index in [1.54, 1.807) is 0 Å². The fourth-order valence-corrected chi connectivity index (χ4v) is 9.33. The van der Waals surface area contributed by atoms with Gasteiger partial charge in [-0.2, -0.15) is 0 Å². The average molecular weight is 767 g/mol. The molecule has 4 nitrogen and oxygen atoms in total. The molecule has 3 heterocycles. The molecule has 0 spiro atoms. The zero-order valence-electron chi connectivity index (χ0n) is 32.7. The summed E-state index contributed by atoms with van der Waals surface area (Å²) in [4.78, 5) is 5.22. The van der Waals surface area contributed by atoms with Gasteiger partial charge in [-0.3, -0.25) is 0 Å². The predicted octanol–water partition coefficient (Wildman–Crippen LogP) is 14.5. The van der Waals surface area contributed by atoms with Crippen molar-refractivity contribution < 1.29 is 0 Å². The van der Waals surface area contributed by atoms with Gasteiger partial charge in [-0.15, -0.1) is 0 Å². The zero-order valence-corrected chi connectivity index (χ0v) is 32.7. The van der Waals surface area contributed by atoms with Crippen LogP contribution in [0.15, 0.2) is 223 Å². The van der Waals surface area contributed by atoms with Crippen molar-refractivity contribution in [2.24, 2.45) is 4.99 Å². The highest BCUT2D eigenvalue weighted by molar-refractivity contribution is 6.13. The van der Waals surface area contributed by atoms with E-state index >= 15 is 0 Å². The Morgan fingerprint density at radius 1 is 0.350 bits per heavy atom. The first kappa shape index (κ1) is 34.1. The third-order valence-corrected chi connectivity index (χ3v) is 12.2. The normalized spacial score (nSPS) is 13.7. The zero-order chi connectivity index (χ0) is 39.6. The van der Waals surface area contributed by atoms with Gasteiger partial charge in [0.1, 0.15) is 0 Å². The SMILES string of the molecule is c1ccc(-c2cccc(-n3c4ccccc4c4cc(-c5ccc6c(c5)c5ccccc5n6-c5ccc(C6=Nc7ccccc7NC6c6ccccc6)cc5)ccc43)c2)cc1. The molecular formula is C56H38N4. The van der Waals surface area contributed by atoms with Crippen LogP contribution < -0.4 is 5.32 Å². The molecule has 4 heteroatoms. The second-order valence-electron chi connectivity index (χ2n) is 15.6.